The highest BCUT2D eigenvalue weighted by Gasteiger charge is 2.12. The van der Waals surface area contributed by atoms with Crippen LogP contribution in [0, 0.1) is 0 Å². The molecular formula is C17H19N3O2. The number of carbonyl (C=O) groups is 2. The maximum atomic E-state index is 12.1. The van der Waals surface area contributed by atoms with Crippen LogP contribution in [0.25, 0.3) is 0 Å². The van der Waals surface area contributed by atoms with Gasteiger partial charge in [0.2, 0.25) is 11.8 Å². The Morgan fingerprint density at radius 1 is 0.864 bits per heavy atom. The number of nitrogens with one attached hydrogen (secondary N) is 3. The van der Waals surface area contributed by atoms with Crippen LogP contribution in [0.1, 0.15) is 13.8 Å². The van der Waals surface area contributed by atoms with Gasteiger partial charge < -0.3 is 16.0 Å². The van der Waals surface area contributed by atoms with Crippen molar-refractivity contribution >= 4 is 28.9 Å². The second-order valence-electron chi connectivity index (χ2n) is 4.98. The van der Waals surface area contributed by atoms with Gasteiger partial charge in [-0.3, -0.25) is 9.59 Å². The summed E-state index contributed by atoms with van der Waals surface area (Å²) in [6, 6.07) is 16.1. The first-order chi connectivity index (χ1) is 10.5. The molecule has 0 bridgehead atoms. The van der Waals surface area contributed by atoms with E-state index in [1.54, 1.807) is 19.1 Å². The van der Waals surface area contributed by atoms with Gasteiger partial charge in [0, 0.05) is 24.0 Å². The summed E-state index contributed by atoms with van der Waals surface area (Å²) < 4.78 is 0. The molecule has 0 aromatic heterocycles. The summed E-state index contributed by atoms with van der Waals surface area (Å²) in [5.41, 5.74) is 2.21. The summed E-state index contributed by atoms with van der Waals surface area (Å²) in [5.74, 6) is -0.261. The molecule has 0 saturated carbocycles. The first-order valence-electron chi connectivity index (χ1n) is 7.04. The minimum absolute atomic E-state index is 0.129. The molecule has 5 nitrogen and oxygen atoms in total. The Hall–Kier alpha value is -2.82. The number of hydrogen-bond acceptors (Lipinski definition) is 3. The lowest BCUT2D eigenvalue weighted by molar-refractivity contribution is -0.116. The van der Waals surface area contributed by atoms with E-state index in [0.717, 1.165) is 11.4 Å². The van der Waals surface area contributed by atoms with Gasteiger partial charge in [-0.1, -0.05) is 24.3 Å². The second kappa shape index (κ2) is 7.26. The summed E-state index contributed by atoms with van der Waals surface area (Å²) in [5, 5.41) is 8.66. The van der Waals surface area contributed by atoms with Crippen LogP contribution in [0.5, 0.6) is 0 Å². The van der Waals surface area contributed by atoms with Crippen LogP contribution in [-0.2, 0) is 9.59 Å². The first kappa shape index (κ1) is 15.6. The van der Waals surface area contributed by atoms with Gasteiger partial charge in [-0.2, -0.15) is 0 Å². The van der Waals surface area contributed by atoms with E-state index in [1.165, 1.54) is 6.92 Å². The van der Waals surface area contributed by atoms with E-state index in [4.69, 9.17) is 0 Å². The first-order valence-corrected chi connectivity index (χ1v) is 7.04. The lowest BCUT2D eigenvalue weighted by Gasteiger charge is -2.16. The summed E-state index contributed by atoms with van der Waals surface area (Å²) in [6.45, 7) is 3.24. The average Bonchev–Trinajstić information content (AvgIpc) is 2.48. The van der Waals surface area contributed by atoms with Crippen molar-refractivity contribution in [1.82, 2.24) is 0 Å². The highest BCUT2D eigenvalue weighted by atomic mass is 16.2. The predicted octanol–water partition coefficient (Wildman–Crippen LogP) is 3.08. The van der Waals surface area contributed by atoms with Crippen molar-refractivity contribution in [3.05, 3.63) is 54.6 Å². The van der Waals surface area contributed by atoms with Crippen molar-refractivity contribution in [2.75, 3.05) is 16.0 Å². The second-order valence-corrected chi connectivity index (χ2v) is 4.98. The maximum Gasteiger partial charge on any atom is 0.246 e. The van der Waals surface area contributed by atoms with Crippen molar-refractivity contribution in [3.8, 4) is 0 Å². The third-order valence-electron chi connectivity index (χ3n) is 3.00. The fourth-order valence-electron chi connectivity index (χ4n) is 1.98. The zero-order valence-electron chi connectivity index (χ0n) is 12.6. The van der Waals surface area contributed by atoms with Gasteiger partial charge in [0.25, 0.3) is 0 Å². The summed E-state index contributed by atoms with van der Waals surface area (Å²) in [7, 11) is 0. The lowest BCUT2D eigenvalue weighted by atomic mass is 10.2. The van der Waals surface area contributed by atoms with Crippen molar-refractivity contribution in [3.63, 3.8) is 0 Å². The normalized spacial score (nSPS) is 11.4. The molecule has 0 heterocycles. The van der Waals surface area contributed by atoms with E-state index in [1.807, 2.05) is 42.5 Å². The molecule has 114 valence electrons. The molecule has 2 amide bonds. The Morgan fingerprint density at radius 3 is 2.18 bits per heavy atom. The Morgan fingerprint density at radius 2 is 1.50 bits per heavy atom. The molecule has 0 saturated heterocycles. The molecule has 0 aliphatic heterocycles. The number of amides is 2. The molecule has 0 spiro atoms. The highest BCUT2D eigenvalue weighted by Crippen LogP contribution is 2.16. The molecular weight excluding hydrogens is 278 g/mol. The third kappa shape index (κ3) is 4.63. The zero-order chi connectivity index (χ0) is 15.9. The van der Waals surface area contributed by atoms with Crippen LogP contribution in [0.2, 0.25) is 0 Å². The smallest absolute Gasteiger partial charge is 0.246 e. The average molecular weight is 297 g/mol. The largest absolute Gasteiger partial charge is 0.374 e. The van der Waals surface area contributed by atoms with Crippen molar-refractivity contribution in [1.29, 1.82) is 0 Å². The number of carbonyl (C=O) groups excluding carboxylic acids is 2. The summed E-state index contributed by atoms with van der Waals surface area (Å²) in [4.78, 5) is 23.2. The van der Waals surface area contributed by atoms with Gasteiger partial charge in [-0.15, -0.1) is 0 Å². The quantitative estimate of drug-likeness (QED) is 0.794. The van der Waals surface area contributed by atoms with Crippen LogP contribution in [0.4, 0.5) is 17.1 Å². The minimum atomic E-state index is -0.409. The van der Waals surface area contributed by atoms with Crippen LogP contribution >= 0.6 is 0 Å². The topological polar surface area (TPSA) is 70.2 Å². The number of rotatable bonds is 5. The standard InChI is InChI=1S/C17H19N3O2/c1-12(17(22)20-14-7-4-3-5-8-14)18-15-9-6-10-16(11-15)19-13(2)21/h3-12,18H,1-2H3,(H,19,21)(H,20,22)/t12-/m1/s1. The van der Waals surface area contributed by atoms with Crippen LogP contribution in [0.3, 0.4) is 0 Å². The molecule has 0 radical (unpaired) electrons. The molecule has 0 fully saturated rings. The van der Waals surface area contributed by atoms with Gasteiger partial charge in [-0.25, -0.2) is 0 Å². The number of hydrogen-bond donors (Lipinski definition) is 3. The molecule has 0 unspecified atom stereocenters. The highest BCUT2D eigenvalue weighted by molar-refractivity contribution is 5.96. The van der Waals surface area contributed by atoms with E-state index in [-0.39, 0.29) is 11.8 Å². The molecule has 0 aliphatic carbocycles. The van der Waals surface area contributed by atoms with Gasteiger partial charge in [0.1, 0.15) is 6.04 Å². The summed E-state index contributed by atoms with van der Waals surface area (Å²) >= 11 is 0. The van der Waals surface area contributed by atoms with E-state index in [9.17, 15) is 9.59 Å². The Balaban J connectivity index is 1.97. The molecule has 0 aliphatic rings. The van der Waals surface area contributed by atoms with E-state index in [2.05, 4.69) is 16.0 Å². The Labute approximate surface area is 129 Å². The summed E-state index contributed by atoms with van der Waals surface area (Å²) in [6.07, 6.45) is 0. The molecule has 2 rings (SSSR count). The molecule has 2 aromatic carbocycles. The van der Waals surface area contributed by atoms with Crippen LogP contribution in [0.15, 0.2) is 54.6 Å². The molecule has 2 aromatic rings. The SMILES string of the molecule is CC(=O)Nc1cccc(N[C@H](C)C(=O)Nc2ccccc2)c1. The molecule has 3 N–H and O–H groups in total. The van der Waals surface area contributed by atoms with Gasteiger partial charge >= 0.3 is 0 Å². The van der Waals surface area contributed by atoms with Crippen molar-refractivity contribution in [2.24, 2.45) is 0 Å². The Bertz CT molecular complexity index is 656. The number of benzene rings is 2. The van der Waals surface area contributed by atoms with E-state index >= 15 is 0 Å². The monoisotopic (exact) mass is 297 g/mol. The third-order valence-corrected chi connectivity index (χ3v) is 3.00. The minimum Gasteiger partial charge on any atom is -0.374 e. The maximum absolute atomic E-state index is 12.1. The molecule has 1 atom stereocenters. The van der Waals surface area contributed by atoms with E-state index < -0.39 is 6.04 Å². The van der Waals surface area contributed by atoms with Crippen LogP contribution < -0.4 is 16.0 Å². The Kier molecular flexibility index (Phi) is 5.14. The fourth-order valence-corrected chi connectivity index (χ4v) is 1.98. The zero-order valence-corrected chi connectivity index (χ0v) is 12.6. The molecule has 5 heteroatoms. The molecule has 22 heavy (non-hydrogen) atoms. The van der Waals surface area contributed by atoms with Crippen molar-refractivity contribution in [2.45, 2.75) is 19.9 Å². The van der Waals surface area contributed by atoms with Crippen LogP contribution in [-0.4, -0.2) is 17.9 Å². The lowest BCUT2D eigenvalue weighted by Crippen LogP contribution is -2.31. The number of para-hydroxylation sites is 1. The van der Waals surface area contributed by atoms with Crippen molar-refractivity contribution < 1.29 is 9.59 Å². The van der Waals surface area contributed by atoms with Gasteiger partial charge in [-0.05, 0) is 37.3 Å². The van der Waals surface area contributed by atoms with Gasteiger partial charge in [0.15, 0.2) is 0 Å². The number of anilines is 3. The fraction of sp³-hybridized carbons (Fsp3) is 0.176. The predicted molar refractivity (Wildman–Crippen MR) is 88.9 cm³/mol. The van der Waals surface area contributed by atoms with Gasteiger partial charge in [0.05, 0.1) is 0 Å². The van der Waals surface area contributed by atoms with E-state index in [0.29, 0.717) is 5.69 Å².